The van der Waals surface area contributed by atoms with Crippen LogP contribution in [0.5, 0.6) is 5.75 Å². The number of nitrogens with zero attached hydrogens (tertiary/aromatic N) is 1. The first-order valence-corrected chi connectivity index (χ1v) is 8.51. The Morgan fingerprint density at radius 1 is 1.30 bits per heavy atom. The van der Waals surface area contributed by atoms with Gasteiger partial charge >= 0.3 is 0 Å². The minimum atomic E-state index is -0.111. The molecule has 5 heteroatoms. The van der Waals surface area contributed by atoms with Gasteiger partial charge in [0.15, 0.2) is 0 Å². The number of amides is 1. The first-order chi connectivity index (χ1) is 11.1. The van der Waals surface area contributed by atoms with Gasteiger partial charge in [0.1, 0.15) is 11.8 Å². The molecule has 1 N–H and O–H groups in total. The van der Waals surface area contributed by atoms with E-state index in [0.29, 0.717) is 12.5 Å². The molecule has 0 spiro atoms. The maximum atomic E-state index is 12.3. The van der Waals surface area contributed by atoms with E-state index in [1.165, 1.54) is 0 Å². The van der Waals surface area contributed by atoms with Crippen LogP contribution in [0.1, 0.15) is 26.7 Å². The van der Waals surface area contributed by atoms with E-state index >= 15 is 0 Å². The van der Waals surface area contributed by atoms with Crippen molar-refractivity contribution in [3.63, 3.8) is 0 Å². The van der Waals surface area contributed by atoms with Gasteiger partial charge in [0.25, 0.3) is 0 Å². The average molecular weight is 318 g/mol. The van der Waals surface area contributed by atoms with Crippen LogP contribution in [-0.2, 0) is 9.53 Å². The summed E-state index contributed by atoms with van der Waals surface area (Å²) in [5, 5.41) is 3.33. The number of ether oxygens (including phenoxy) is 2. The molecule has 2 atom stereocenters. The van der Waals surface area contributed by atoms with Crippen molar-refractivity contribution in [2.75, 3.05) is 31.7 Å². The maximum Gasteiger partial charge on any atom is 0.245 e. The summed E-state index contributed by atoms with van der Waals surface area (Å²) in [5.74, 6) is 1.57. The van der Waals surface area contributed by atoms with Crippen molar-refractivity contribution in [3.05, 3.63) is 24.3 Å². The zero-order valence-electron chi connectivity index (χ0n) is 14.0. The quantitative estimate of drug-likeness (QED) is 0.876. The average Bonchev–Trinajstić information content (AvgIpc) is 3.17. The van der Waals surface area contributed by atoms with Crippen molar-refractivity contribution >= 4 is 11.6 Å². The molecule has 5 nitrogen and oxygen atoms in total. The predicted octanol–water partition coefficient (Wildman–Crippen LogP) is 2.52. The highest BCUT2D eigenvalue weighted by atomic mass is 16.5. The van der Waals surface area contributed by atoms with Gasteiger partial charge in [-0.15, -0.1) is 0 Å². The lowest BCUT2D eigenvalue weighted by atomic mass is 10.1. The molecule has 2 fully saturated rings. The summed E-state index contributed by atoms with van der Waals surface area (Å²) in [7, 11) is 0. The smallest absolute Gasteiger partial charge is 0.245 e. The fourth-order valence-corrected chi connectivity index (χ4v) is 3.13. The Kier molecular flexibility index (Phi) is 5.06. The van der Waals surface area contributed by atoms with Gasteiger partial charge in [-0.3, -0.25) is 4.79 Å². The first kappa shape index (κ1) is 16.1. The van der Waals surface area contributed by atoms with Crippen LogP contribution < -0.4 is 10.1 Å². The monoisotopic (exact) mass is 318 g/mol. The fraction of sp³-hybridized carbons (Fsp3) is 0.611. The second-order valence-corrected chi connectivity index (χ2v) is 6.68. The summed E-state index contributed by atoms with van der Waals surface area (Å²) in [5.41, 5.74) is 0.963. The molecular weight excluding hydrogens is 292 g/mol. The molecule has 1 aromatic carbocycles. The van der Waals surface area contributed by atoms with Crippen LogP contribution in [0.3, 0.4) is 0 Å². The lowest BCUT2D eigenvalue weighted by Gasteiger charge is -2.21. The van der Waals surface area contributed by atoms with Crippen LogP contribution in [0.4, 0.5) is 5.69 Å². The highest BCUT2D eigenvalue weighted by molar-refractivity contribution is 5.87. The van der Waals surface area contributed by atoms with Crippen molar-refractivity contribution in [3.8, 4) is 5.75 Å². The zero-order valence-corrected chi connectivity index (χ0v) is 14.0. The largest absolute Gasteiger partial charge is 0.493 e. The molecule has 1 amide bonds. The molecule has 126 valence electrons. The Balaban J connectivity index is 1.50. The lowest BCUT2D eigenvalue weighted by molar-refractivity contribution is -0.129. The number of carbonyl (C=O) groups excluding carboxylic acids is 1. The molecule has 0 aliphatic carbocycles. The molecule has 0 bridgehead atoms. The molecule has 2 aliphatic heterocycles. The number of nitrogens with one attached hydrogen (secondary N) is 1. The number of benzene rings is 1. The van der Waals surface area contributed by atoms with Gasteiger partial charge in [-0.05, 0) is 51.0 Å². The Bertz CT molecular complexity index is 524. The van der Waals surface area contributed by atoms with Crippen molar-refractivity contribution in [1.82, 2.24) is 4.90 Å². The van der Waals surface area contributed by atoms with Gasteiger partial charge in [0.2, 0.25) is 5.91 Å². The number of carbonyl (C=O) groups is 1. The fourth-order valence-electron chi connectivity index (χ4n) is 3.13. The number of anilines is 1. The summed E-state index contributed by atoms with van der Waals surface area (Å²) in [6.45, 7) is 7.30. The molecule has 0 aromatic heterocycles. The predicted molar refractivity (Wildman–Crippen MR) is 89.7 cm³/mol. The van der Waals surface area contributed by atoms with E-state index in [1.807, 2.05) is 29.2 Å². The second kappa shape index (κ2) is 7.21. The van der Waals surface area contributed by atoms with E-state index in [0.717, 1.165) is 44.0 Å². The highest BCUT2D eigenvalue weighted by Gasteiger charge is 2.32. The van der Waals surface area contributed by atoms with Crippen LogP contribution >= 0.6 is 0 Å². The Morgan fingerprint density at radius 3 is 2.70 bits per heavy atom. The van der Waals surface area contributed by atoms with Crippen molar-refractivity contribution in [2.45, 2.75) is 38.8 Å². The van der Waals surface area contributed by atoms with E-state index in [4.69, 9.17) is 9.47 Å². The molecular formula is C18H26N2O3. The van der Waals surface area contributed by atoms with Gasteiger partial charge in [0.05, 0.1) is 13.2 Å². The van der Waals surface area contributed by atoms with Crippen LogP contribution in [-0.4, -0.2) is 49.3 Å². The van der Waals surface area contributed by atoms with Gasteiger partial charge in [0, 0.05) is 30.8 Å². The van der Waals surface area contributed by atoms with Crippen molar-refractivity contribution < 1.29 is 14.3 Å². The third-order valence-electron chi connectivity index (χ3n) is 4.57. The number of likely N-dealkylation sites (tertiary alicyclic amines) is 1. The van der Waals surface area contributed by atoms with E-state index < -0.39 is 0 Å². The van der Waals surface area contributed by atoms with Crippen LogP contribution in [0.25, 0.3) is 0 Å². The van der Waals surface area contributed by atoms with Gasteiger partial charge in [-0.1, -0.05) is 0 Å². The lowest BCUT2D eigenvalue weighted by Crippen LogP contribution is -2.37. The van der Waals surface area contributed by atoms with Gasteiger partial charge in [-0.25, -0.2) is 0 Å². The van der Waals surface area contributed by atoms with Gasteiger partial charge in [-0.2, -0.15) is 0 Å². The summed E-state index contributed by atoms with van der Waals surface area (Å²) in [6.07, 6.45) is 1.94. The Hall–Kier alpha value is -1.75. The number of rotatable bonds is 6. The van der Waals surface area contributed by atoms with Crippen LogP contribution in [0.15, 0.2) is 24.3 Å². The summed E-state index contributed by atoms with van der Waals surface area (Å²) < 4.78 is 11.2. The standard InChI is InChI=1S/C18H26N2O3/c1-13(2)20-9-7-17(18(20)21)19-15-3-5-16(6-4-15)23-12-14-8-10-22-11-14/h3-6,13-14,17,19H,7-12H2,1-2H3/t14-,17+/m1/s1. The molecule has 23 heavy (non-hydrogen) atoms. The zero-order chi connectivity index (χ0) is 16.2. The molecule has 0 radical (unpaired) electrons. The molecule has 2 aliphatic rings. The summed E-state index contributed by atoms with van der Waals surface area (Å²) in [4.78, 5) is 14.2. The van der Waals surface area contributed by atoms with E-state index in [-0.39, 0.29) is 18.0 Å². The molecule has 2 heterocycles. The van der Waals surface area contributed by atoms with Crippen molar-refractivity contribution in [1.29, 1.82) is 0 Å². The molecule has 2 saturated heterocycles. The van der Waals surface area contributed by atoms with Crippen molar-refractivity contribution in [2.24, 2.45) is 5.92 Å². The normalized spacial score (nSPS) is 24.5. The SMILES string of the molecule is CC(C)N1CC[C@H](Nc2ccc(OC[C@@H]3CCOC3)cc2)C1=O. The van der Waals surface area contributed by atoms with Crippen LogP contribution in [0.2, 0.25) is 0 Å². The molecule has 0 unspecified atom stereocenters. The highest BCUT2D eigenvalue weighted by Crippen LogP contribution is 2.22. The van der Waals surface area contributed by atoms with E-state index in [9.17, 15) is 4.79 Å². The Morgan fingerprint density at radius 2 is 2.09 bits per heavy atom. The molecule has 3 rings (SSSR count). The maximum absolute atomic E-state index is 12.3. The topological polar surface area (TPSA) is 50.8 Å². The molecule has 0 saturated carbocycles. The first-order valence-electron chi connectivity index (χ1n) is 8.51. The summed E-state index contributed by atoms with van der Waals surface area (Å²) in [6, 6.07) is 8.03. The van der Waals surface area contributed by atoms with Crippen LogP contribution in [0, 0.1) is 5.92 Å². The third-order valence-corrected chi connectivity index (χ3v) is 4.57. The third kappa shape index (κ3) is 3.96. The van der Waals surface area contributed by atoms with Gasteiger partial charge < -0.3 is 19.7 Å². The number of hydrogen-bond acceptors (Lipinski definition) is 4. The summed E-state index contributed by atoms with van der Waals surface area (Å²) >= 11 is 0. The minimum Gasteiger partial charge on any atom is -0.493 e. The van der Waals surface area contributed by atoms with E-state index in [1.54, 1.807) is 0 Å². The minimum absolute atomic E-state index is 0.111. The van der Waals surface area contributed by atoms with E-state index in [2.05, 4.69) is 19.2 Å². The second-order valence-electron chi connectivity index (χ2n) is 6.68. The number of hydrogen-bond donors (Lipinski definition) is 1. The molecule has 1 aromatic rings. The Labute approximate surface area is 137 Å².